The predicted octanol–water partition coefficient (Wildman–Crippen LogP) is 2.83. The quantitative estimate of drug-likeness (QED) is 0.836. The molecule has 1 amide bonds. The van der Waals surface area contributed by atoms with Gasteiger partial charge in [-0.1, -0.05) is 18.5 Å². The third kappa shape index (κ3) is 4.68. The standard InChI is InChI=1S/C12H13ClN2OS/c1-2-5-15-12(16)8-17-11-6-10(13)4-3-9(11)7-14/h3-4,6H,2,5,8H2,1H3,(H,15,16). The van der Waals surface area contributed by atoms with E-state index < -0.39 is 0 Å². The Labute approximate surface area is 110 Å². The maximum Gasteiger partial charge on any atom is 0.230 e. The summed E-state index contributed by atoms with van der Waals surface area (Å²) in [6.07, 6.45) is 0.914. The van der Waals surface area contributed by atoms with Gasteiger partial charge in [-0.3, -0.25) is 4.79 Å². The van der Waals surface area contributed by atoms with Crippen molar-refractivity contribution in [3.63, 3.8) is 0 Å². The predicted molar refractivity (Wildman–Crippen MR) is 70.2 cm³/mol. The Hall–Kier alpha value is -1.18. The molecule has 0 radical (unpaired) electrons. The Morgan fingerprint density at radius 1 is 1.59 bits per heavy atom. The molecule has 1 N–H and O–H groups in total. The molecule has 0 atom stereocenters. The van der Waals surface area contributed by atoms with Crippen molar-refractivity contribution in [2.45, 2.75) is 18.2 Å². The second kappa shape index (κ2) is 7.21. The van der Waals surface area contributed by atoms with Crippen LogP contribution in [0.15, 0.2) is 23.1 Å². The van der Waals surface area contributed by atoms with E-state index in [1.165, 1.54) is 11.8 Å². The number of amides is 1. The monoisotopic (exact) mass is 268 g/mol. The van der Waals surface area contributed by atoms with Gasteiger partial charge in [-0.25, -0.2) is 0 Å². The summed E-state index contributed by atoms with van der Waals surface area (Å²) in [5.41, 5.74) is 0.544. The second-order valence-electron chi connectivity index (χ2n) is 3.39. The van der Waals surface area contributed by atoms with Gasteiger partial charge >= 0.3 is 0 Å². The molecule has 3 nitrogen and oxygen atoms in total. The topological polar surface area (TPSA) is 52.9 Å². The third-order valence-corrected chi connectivity index (χ3v) is 3.29. The molecule has 0 aromatic heterocycles. The number of nitrogens with one attached hydrogen (secondary N) is 1. The van der Waals surface area contributed by atoms with Crippen molar-refractivity contribution in [1.82, 2.24) is 5.32 Å². The van der Waals surface area contributed by atoms with E-state index in [1.807, 2.05) is 6.92 Å². The van der Waals surface area contributed by atoms with E-state index in [0.29, 0.717) is 22.9 Å². The zero-order valence-corrected chi connectivity index (χ0v) is 11.1. The molecule has 0 saturated heterocycles. The van der Waals surface area contributed by atoms with E-state index >= 15 is 0 Å². The van der Waals surface area contributed by atoms with Crippen LogP contribution in [0.1, 0.15) is 18.9 Å². The smallest absolute Gasteiger partial charge is 0.230 e. The van der Waals surface area contributed by atoms with E-state index in [2.05, 4.69) is 11.4 Å². The number of thioether (sulfide) groups is 1. The third-order valence-electron chi connectivity index (χ3n) is 2.00. The van der Waals surface area contributed by atoms with Crippen LogP contribution in [0, 0.1) is 11.3 Å². The number of carbonyl (C=O) groups is 1. The van der Waals surface area contributed by atoms with E-state index in [-0.39, 0.29) is 5.91 Å². The van der Waals surface area contributed by atoms with Gasteiger partial charge in [0.1, 0.15) is 6.07 Å². The number of carbonyl (C=O) groups excluding carboxylic acids is 1. The summed E-state index contributed by atoms with van der Waals surface area (Å²) in [4.78, 5) is 12.2. The zero-order valence-electron chi connectivity index (χ0n) is 9.50. The van der Waals surface area contributed by atoms with E-state index in [0.717, 1.165) is 11.3 Å². The number of hydrogen-bond acceptors (Lipinski definition) is 3. The molecule has 0 aliphatic carbocycles. The lowest BCUT2D eigenvalue weighted by atomic mass is 10.2. The highest BCUT2D eigenvalue weighted by Crippen LogP contribution is 2.25. The fourth-order valence-corrected chi connectivity index (χ4v) is 2.27. The first-order valence-electron chi connectivity index (χ1n) is 5.26. The minimum absolute atomic E-state index is 0.0271. The SMILES string of the molecule is CCCNC(=O)CSc1cc(Cl)ccc1C#N. The maximum absolute atomic E-state index is 11.4. The molecule has 0 aliphatic rings. The molecule has 0 spiro atoms. The number of nitrogens with zero attached hydrogens (tertiary/aromatic N) is 1. The van der Waals surface area contributed by atoms with Crippen LogP contribution in [0.5, 0.6) is 0 Å². The van der Waals surface area contributed by atoms with Crippen LogP contribution in [0.4, 0.5) is 0 Å². The lowest BCUT2D eigenvalue weighted by Gasteiger charge is -2.05. The lowest BCUT2D eigenvalue weighted by molar-refractivity contribution is -0.118. The van der Waals surface area contributed by atoms with Gasteiger partial charge in [0.05, 0.1) is 11.3 Å². The van der Waals surface area contributed by atoms with Crippen LogP contribution in [0.2, 0.25) is 5.02 Å². The van der Waals surface area contributed by atoms with Crippen molar-refractivity contribution in [3.05, 3.63) is 28.8 Å². The fraction of sp³-hybridized carbons (Fsp3) is 0.333. The molecule has 0 fully saturated rings. The minimum Gasteiger partial charge on any atom is -0.355 e. The van der Waals surface area contributed by atoms with Crippen molar-refractivity contribution in [3.8, 4) is 6.07 Å². The highest BCUT2D eigenvalue weighted by atomic mass is 35.5. The molecule has 1 aromatic rings. The highest BCUT2D eigenvalue weighted by molar-refractivity contribution is 8.00. The van der Waals surface area contributed by atoms with Crippen LogP contribution < -0.4 is 5.32 Å². The molecule has 1 rings (SSSR count). The van der Waals surface area contributed by atoms with Gasteiger partial charge in [0.25, 0.3) is 0 Å². The molecule has 0 bridgehead atoms. The molecular weight excluding hydrogens is 256 g/mol. The van der Waals surface area contributed by atoms with E-state index in [4.69, 9.17) is 16.9 Å². The Kier molecular flexibility index (Phi) is 5.88. The van der Waals surface area contributed by atoms with E-state index in [9.17, 15) is 4.79 Å². The number of rotatable bonds is 5. The largest absolute Gasteiger partial charge is 0.355 e. The number of hydrogen-bond donors (Lipinski definition) is 1. The van der Waals surface area contributed by atoms with Crippen molar-refractivity contribution in [2.75, 3.05) is 12.3 Å². The number of halogens is 1. The van der Waals surface area contributed by atoms with Crippen LogP contribution in [-0.4, -0.2) is 18.2 Å². The van der Waals surface area contributed by atoms with Gasteiger partial charge in [0.15, 0.2) is 0 Å². The molecule has 5 heteroatoms. The highest BCUT2D eigenvalue weighted by Gasteiger charge is 2.06. The summed E-state index contributed by atoms with van der Waals surface area (Å²) in [6, 6.07) is 7.11. The first kappa shape index (κ1) is 13.9. The zero-order chi connectivity index (χ0) is 12.7. The van der Waals surface area contributed by atoms with Gasteiger partial charge in [-0.05, 0) is 24.6 Å². The second-order valence-corrected chi connectivity index (χ2v) is 4.84. The van der Waals surface area contributed by atoms with Crippen LogP contribution in [0.3, 0.4) is 0 Å². The van der Waals surface area contributed by atoms with Gasteiger partial charge in [-0.15, -0.1) is 11.8 Å². The van der Waals surface area contributed by atoms with E-state index in [1.54, 1.807) is 18.2 Å². The summed E-state index contributed by atoms with van der Waals surface area (Å²) in [7, 11) is 0. The molecule has 0 aliphatic heterocycles. The Balaban J connectivity index is 2.60. The summed E-state index contributed by atoms with van der Waals surface area (Å²) < 4.78 is 0. The summed E-state index contributed by atoms with van der Waals surface area (Å²) in [5, 5.41) is 12.3. The average Bonchev–Trinajstić information content (AvgIpc) is 2.34. The molecule has 17 heavy (non-hydrogen) atoms. The normalized spacial score (nSPS) is 9.71. The molecule has 90 valence electrons. The van der Waals surface area contributed by atoms with Gasteiger partial charge in [0, 0.05) is 16.5 Å². The van der Waals surface area contributed by atoms with Crippen LogP contribution in [0.25, 0.3) is 0 Å². The van der Waals surface area contributed by atoms with Gasteiger partial charge in [-0.2, -0.15) is 5.26 Å². The molecule has 1 aromatic carbocycles. The summed E-state index contributed by atoms with van der Waals surface area (Å²) >= 11 is 7.17. The Bertz CT molecular complexity index is 443. The number of nitriles is 1. The van der Waals surface area contributed by atoms with Crippen LogP contribution in [-0.2, 0) is 4.79 Å². The van der Waals surface area contributed by atoms with Crippen molar-refractivity contribution < 1.29 is 4.79 Å². The molecule has 0 saturated carbocycles. The Morgan fingerprint density at radius 2 is 2.35 bits per heavy atom. The number of benzene rings is 1. The van der Waals surface area contributed by atoms with Crippen molar-refractivity contribution >= 4 is 29.3 Å². The fourth-order valence-electron chi connectivity index (χ4n) is 1.17. The molecule has 0 heterocycles. The van der Waals surface area contributed by atoms with Gasteiger partial charge in [0.2, 0.25) is 5.91 Å². The summed E-state index contributed by atoms with van der Waals surface area (Å²) in [5.74, 6) is 0.274. The first-order valence-corrected chi connectivity index (χ1v) is 6.63. The lowest BCUT2D eigenvalue weighted by Crippen LogP contribution is -2.25. The average molecular weight is 269 g/mol. The Morgan fingerprint density at radius 3 is 3.00 bits per heavy atom. The minimum atomic E-state index is -0.0271. The molecular formula is C12H13ClN2OS. The maximum atomic E-state index is 11.4. The van der Waals surface area contributed by atoms with Crippen LogP contribution >= 0.6 is 23.4 Å². The first-order chi connectivity index (χ1) is 8.17. The summed E-state index contributed by atoms with van der Waals surface area (Å²) in [6.45, 7) is 2.68. The van der Waals surface area contributed by atoms with Crippen molar-refractivity contribution in [2.24, 2.45) is 0 Å². The molecule has 0 unspecified atom stereocenters. The van der Waals surface area contributed by atoms with Crippen molar-refractivity contribution in [1.29, 1.82) is 5.26 Å². The van der Waals surface area contributed by atoms with Gasteiger partial charge < -0.3 is 5.32 Å².